The molecule has 1 aromatic heterocycles. The van der Waals surface area contributed by atoms with Crippen molar-refractivity contribution in [2.24, 2.45) is 0 Å². The number of carbonyl (C=O) groups is 2. The standard InChI is InChI=1S/C26H30FN3O3S/c1-18(2)30(26(32)28-22-9-11-23(33-4)12-10-22)17-25(31)29(16-24-19(3)13-14-34-24)15-20-5-7-21(27)8-6-20/h5-14,18H,15-17H2,1-4H3,(H,28,32). The van der Waals surface area contributed by atoms with E-state index in [1.165, 1.54) is 17.0 Å². The Kier molecular flexibility index (Phi) is 8.65. The highest BCUT2D eigenvalue weighted by molar-refractivity contribution is 7.10. The van der Waals surface area contributed by atoms with E-state index >= 15 is 0 Å². The lowest BCUT2D eigenvalue weighted by atomic mass is 10.2. The average Bonchev–Trinajstić information content (AvgIpc) is 3.22. The fourth-order valence-electron chi connectivity index (χ4n) is 3.39. The van der Waals surface area contributed by atoms with E-state index in [-0.39, 0.29) is 30.3 Å². The Hall–Kier alpha value is -3.39. The van der Waals surface area contributed by atoms with Gasteiger partial charge in [-0.3, -0.25) is 4.79 Å². The quantitative estimate of drug-likeness (QED) is 0.426. The first-order valence-electron chi connectivity index (χ1n) is 11.0. The maximum atomic E-state index is 13.4. The third-order valence-corrected chi connectivity index (χ3v) is 6.48. The topological polar surface area (TPSA) is 61.9 Å². The molecule has 0 aliphatic heterocycles. The van der Waals surface area contributed by atoms with Crippen LogP contribution in [0.2, 0.25) is 0 Å². The van der Waals surface area contributed by atoms with Crippen molar-refractivity contribution in [2.75, 3.05) is 19.0 Å². The number of benzene rings is 2. The van der Waals surface area contributed by atoms with Crippen LogP contribution in [-0.4, -0.2) is 41.4 Å². The molecule has 3 rings (SSSR count). The highest BCUT2D eigenvalue weighted by Gasteiger charge is 2.24. The molecule has 0 unspecified atom stereocenters. The van der Waals surface area contributed by atoms with Gasteiger partial charge in [0.15, 0.2) is 0 Å². The van der Waals surface area contributed by atoms with Crippen LogP contribution in [0.1, 0.15) is 29.9 Å². The summed E-state index contributed by atoms with van der Waals surface area (Å²) < 4.78 is 18.5. The first-order valence-corrected chi connectivity index (χ1v) is 11.9. The van der Waals surface area contributed by atoms with Gasteiger partial charge >= 0.3 is 6.03 Å². The third-order valence-electron chi connectivity index (χ3n) is 5.47. The monoisotopic (exact) mass is 483 g/mol. The van der Waals surface area contributed by atoms with Gasteiger partial charge in [0, 0.05) is 23.2 Å². The molecule has 2 aromatic carbocycles. The zero-order valence-electron chi connectivity index (χ0n) is 19.9. The number of hydrogen-bond acceptors (Lipinski definition) is 4. The summed E-state index contributed by atoms with van der Waals surface area (Å²) in [6, 6.07) is 14.6. The molecule has 0 spiro atoms. The van der Waals surface area contributed by atoms with Crippen molar-refractivity contribution in [3.05, 3.63) is 81.8 Å². The smallest absolute Gasteiger partial charge is 0.322 e. The summed E-state index contributed by atoms with van der Waals surface area (Å²) in [5.41, 5.74) is 2.55. The number of thiophene rings is 1. The largest absolute Gasteiger partial charge is 0.497 e. The molecule has 1 heterocycles. The van der Waals surface area contributed by atoms with Gasteiger partial charge in [-0.1, -0.05) is 12.1 Å². The van der Waals surface area contributed by atoms with Crippen LogP contribution in [-0.2, 0) is 17.9 Å². The molecule has 0 aliphatic carbocycles. The Balaban J connectivity index is 1.75. The second-order valence-electron chi connectivity index (χ2n) is 8.28. The number of hydrogen-bond donors (Lipinski definition) is 1. The molecule has 34 heavy (non-hydrogen) atoms. The maximum Gasteiger partial charge on any atom is 0.322 e. The fraction of sp³-hybridized carbons (Fsp3) is 0.308. The van der Waals surface area contributed by atoms with Crippen LogP contribution in [0.25, 0.3) is 0 Å². The zero-order chi connectivity index (χ0) is 24.7. The van der Waals surface area contributed by atoms with E-state index in [4.69, 9.17) is 4.74 Å². The summed E-state index contributed by atoms with van der Waals surface area (Å²) in [4.78, 5) is 30.7. The Morgan fingerprint density at radius 1 is 1.03 bits per heavy atom. The number of halogens is 1. The number of anilines is 1. The minimum atomic E-state index is -0.359. The van der Waals surface area contributed by atoms with Crippen LogP contribution in [0.4, 0.5) is 14.9 Å². The molecule has 0 bridgehead atoms. The molecule has 0 saturated carbocycles. The summed E-state index contributed by atoms with van der Waals surface area (Å²) in [5.74, 6) is 0.182. The number of methoxy groups -OCH3 is 1. The van der Waals surface area contributed by atoms with Gasteiger partial charge in [-0.05, 0) is 79.7 Å². The van der Waals surface area contributed by atoms with Crippen molar-refractivity contribution in [3.8, 4) is 5.75 Å². The Bertz CT molecular complexity index is 1100. The number of rotatable bonds is 9. The molecule has 0 saturated heterocycles. The van der Waals surface area contributed by atoms with Crippen molar-refractivity contribution < 1.29 is 18.7 Å². The van der Waals surface area contributed by atoms with Gasteiger partial charge in [-0.15, -0.1) is 11.3 Å². The van der Waals surface area contributed by atoms with Gasteiger partial charge in [0.1, 0.15) is 18.1 Å². The molecule has 3 amide bonds. The van der Waals surface area contributed by atoms with E-state index < -0.39 is 0 Å². The number of nitrogens with one attached hydrogen (secondary N) is 1. The van der Waals surface area contributed by atoms with Gasteiger partial charge in [0.05, 0.1) is 13.7 Å². The summed E-state index contributed by atoms with van der Waals surface area (Å²) in [5, 5.41) is 4.84. The predicted molar refractivity (Wildman–Crippen MR) is 134 cm³/mol. The van der Waals surface area contributed by atoms with E-state index in [0.717, 1.165) is 16.0 Å². The lowest BCUT2D eigenvalue weighted by molar-refractivity contribution is -0.133. The summed E-state index contributed by atoms with van der Waals surface area (Å²) >= 11 is 1.59. The lowest BCUT2D eigenvalue weighted by Gasteiger charge is -2.30. The van der Waals surface area contributed by atoms with Gasteiger partial charge in [-0.25, -0.2) is 9.18 Å². The first kappa shape index (κ1) is 25.2. The van der Waals surface area contributed by atoms with Crippen LogP contribution in [0, 0.1) is 12.7 Å². The summed E-state index contributed by atoms with van der Waals surface area (Å²) in [6.07, 6.45) is 0. The number of amides is 3. The van der Waals surface area contributed by atoms with Crippen LogP contribution >= 0.6 is 11.3 Å². The van der Waals surface area contributed by atoms with Crippen LogP contribution in [0.3, 0.4) is 0 Å². The number of carbonyl (C=O) groups excluding carboxylic acids is 2. The maximum absolute atomic E-state index is 13.4. The molecule has 0 aliphatic rings. The van der Waals surface area contributed by atoms with Crippen LogP contribution in [0.15, 0.2) is 60.0 Å². The normalized spacial score (nSPS) is 10.8. The molecule has 3 aromatic rings. The fourth-order valence-corrected chi connectivity index (χ4v) is 4.31. The molecular formula is C26H30FN3O3S. The van der Waals surface area contributed by atoms with Crippen molar-refractivity contribution in [2.45, 2.75) is 39.9 Å². The van der Waals surface area contributed by atoms with E-state index in [9.17, 15) is 14.0 Å². The highest BCUT2D eigenvalue weighted by atomic mass is 32.1. The Morgan fingerprint density at radius 3 is 2.26 bits per heavy atom. The van der Waals surface area contributed by atoms with Gasteiger partial charge in [0.2, 0.25) is 5.91 Å². The minimum Gasteiger partial charge on any atom is -0.497 e. The summed E-state index contributed by atoms with van der Waals surface area (Å²) in [6.45, 7) is 6.41. The molecule has 8 heteroatoms. The minimum absolute atomic E-state index is 0.0781. The molecule has 180 valence electrons. The number of urea groups is 1. The first-order chi connectivity index (χ1) is 16.3. The predicted octanol–water partition coefficient (Wildman–Crippen LogP) is 5.68. The molecule has 0 radical (unpaired) electrons. The number of aryl methyl sites for hydroxylation is 1. The molecular weight excluding hydrogens is 453 g/mol. The number of ether oxygens (including phenoxy) is 1. The number of nitrogens with zero attached hydrogens (tertiary/aromatic N) is 2. The van der Waals surface area contributed by atoms with Crippen LogP contribution < -0.4 is 10.1 Å². The average molecular weight is 484 g/mol. The molecule has 0 atom stereocenters. The molecule has 1 N–H and O–H groups in total. The van der Waals surface area contributed by atoms with E-state index in [2.05, 4.69) is 5.32 Å². The van der Waals surface area contributed by atoms with Gasteiger partial charge in [-0.2, -0.15) is 0 Å². The van der Waals surface area contributed by atoms with Crippen molar-refractivity contribution in [3.63, 3.8) is 0 Å². The van der Waals surface area contributed by atoms with E-state index in [1.54, 1.807) is 59.7 Å². The van der Waals surface area contributed by atoms with Gasteiger partial charge < -0.3 is 19.9 Å². The Labute approximate surface area is 204 Å². The lowest BCUT2D eigenvalue weighted by Crippen LogP contribution is -2.47. The van der Waals surface area contributed by atoms with Crippen LogP contribution in [0.5, 0.6) is 5.75 Å². The molecule has 6 nitrogen and oxygen atoms in total. The Morgan fingerprint density at radius 2 is 1.71 bits per heavy atom. The van der Waals surface area contributed by atoms with Gasteiger partial charge in [0.25, 0.3) is 0 Å². The highest BCUT2D eigenvalue weighted by Crippen LogP contribution is 2.21. The van der Waals surface area contributed by atoms with Crippen molar-refractivity contribution >= 4 is 29.0 Å². The summed E-state index contributed by atoms with van der Waals surface area (Å²) in [7, 11) is 1.58. The van der Waals surface area contributed by atoms with E-state index in [0.29, 0.717) is 24.5 Å². The second kappa shape index (κ2) is 11.7. The SMILES string of the molecule is COc1ccc(NC(=O)N(CC(=O)N(Cc2ccc(F)cc2)Cc2sccc2C)C(C)C)cc1. The van der Waals surface area contributed by atoms with Crippen molar-refractivity contribution in [1.82, 2.24) is 9.80 Å². The van der Waals surface area contributed by atoms with Crippen molar-refractivity contribution in [1.29, 1.82) is 0 Å². The zero-order valence-corrected chi connectivity index (χ0v) is 20.7. The van der Waals surface area contributed by atoms with E-state index in [1.807, 2.05) is 32.2 Å². The second-order valence-corrected chi connectivity index (χ2v) is 9.28. The molecule has 0 fully saturated rings. The third kappa shape index (κ3) is 6.81.